The molecule has 250 valence electrons. The van der Waals surface area contributed by atoms with E-state index in [1.807, 2.05) is 23.1 Å². The Bertz CT molecular complexity index is 2280. The molecule has 49 heavy (non-hydrogen) atoms. The number of rotatable bonds is 8. The summed E-state index contributed by atoms with van der Waals surface area (Å²) in [7, 11) is 0. The number of pyridine rings is 1. The summed E-state index contributed by atoms with van der Waals surface area (Å²) in [5.41, 5.74) is 12.8. The van der Waals surface area contributed by atoms with E-state index in [1.165, 1.54) is 33.4 Å². The van der Waals surface area contributed by atoms with Crippen LogP contribution in [-0.4, -0.2) is 19.3 Å². The van der Waals surface area contributed by atoms with E-state index in [0.717, 1.165) is 50.9 Å². The second-order valence-corrected chi connectivity index (χ2v) is 13.8. The summed E-state index contributed by atoms with van der Waals surface area (Å²) >= 11 is 0. The average Bonchev–Trinajstić information content (AvgIpc) is 3.67. The Labute approximate surface area is 304 Å². The fraction of sp³-hybridized carbons (Fsp3) is 0.256. The van der Waals surface area contributed by atoms with Crippen LogP contribution in [0.4, 0.5) is 0 Å². The Morgan fingerprint density at radius 2 is 1.55 bits per heavy atom. The zero-order valence-electron chi connectivity index (χ0n) is 29.5. The maximum absolute atomic E-state index is 6.58. The van der Waals surface area contributed by atoms with Gasteiger partial charge in [0, 0.05) is 35.0 Å². The van der Waals surface area contributed by atoms with E-state index < -0.39 is 0 Å². The first-order valence-corrected chi connectivity index (χ1v) is 16.9. The first-order chi connectivity index (χ1) is 23.1. The molecule has 0 fully saturated rings. The predicted molar refractivity (Wildman–Crippen MR) is 197 cm³/mol. The van der Waals surface area contributed by atoms with Gasteiger partial charge in [0.15, 0.2) is 0 Å². The van der Waals surface area contributed by atoms with Gasteiger partial charge in [0.25, 0.3) is 0 Å². The number of hydrogen-bond acceptors (Lipinski definition) is 3. The molecule has 0 spiro atoms. The molecule has 0 aliphatic heterocycles. The fourth-order valence-corrected chi connectivity index (χ4v) is 6.77. The molecule has 0 saturated heterocycles. The fourth-order valence-electron chi connectivity index (χ4n) is 6.77. The van der Waals surface area contributed by atoms with E-state index in [4.69, 9.17) is 14.8 Å². The average molecular weight is 826 g/mol. The molecule has 6 heteroatoms. The van der Waals surface area contributed by atoms with Crippen LogP contribution < -0.4 is 4.74 Å². The van der Waals surface area contributed by atoms with Crippen LogP contribution in [-0.2, 0) is 27.5 Å². The number of aryl methyl sites for hydroxylation is 2. The molecule has 0 amide bonds. The van der Waals surface area contributed by atoms with Gasteiger partial charge in [-0.3, -0.25) is 4.68 Å². The number of fused-ring (bicyclic) bond motifs is 3. The number of benzene rings is 4. The van der Waals surface area contributed by atoms with Crippen molar-refractivity contribution < 1.29 is 25.8 Å². The molecule has 0 aliphatic rings. The monoisotopic (exact) mass is 825 g/mol. The molecule has 0 N–H and O–H groups in total. The van der Waals surface area contributed by atoms with Crippen LogP contribution in [0.3, 0.4) is 0 Å². The predicted octanol–water partition coefficient (Wildman–Crippen LogP) is 11.0. The molecule has 7 rings (SSSR count). The van der Waals surface area contributed by atoms with Gasteiger partial charge < -0.3 is 9.30 Å². The second kappa shape index (κ2) is 13.8. The van der Waals surface area contributed by atoms with Crippen molar-refractivity contribution in [2.45, 2.75) is 67.7 Å². The van der Waals surface area contributed by atoms with Crippen LogP contribution in [0.2, 0.25) is 0 Å². The maximum atomic E-state index is 6.58. The van der Waals surface area contributed by atoms with Gasteiger partial charge in [0.05, 0.1) is 6.20 Å². The number of nitrogens with zero attached hydrogens (tertiary/aromatic N) is 4. The third-order valence-electron chi connectivity index (χ3n) is 9.46. The van der Waals surface area contributed by atoms with E-state index in [-0.39, 0.29) is 27.0 Å². The van der Waals surface area contributed by atoms with E-state index in [9.17, 15) is 0 Å². The molecule has 5 nitrogen and oxygen atoms in total. The smallest absolute Gasteiger partial charge is 0.509 e. The van der Waals surface area contributed by atoms with Crippen LogP contribution in [0.1, 0.15) is 67.0 Å². The van der Waals surface area contributed by atoms with Gasteiger partial charge in [-0.25, -0.2) is 4.98 Å². The van der Waals surface area contributed by atoms with Crippen molar-refractivity contribution >= 4 is 21.8 Å². The first kappa shape index (κ1) is 34.4. The summed E-state index contributed by atoms with van der Waals surface area (Å²) in [6, 6.07) is 30.5. The molecule has 0 unspecified atom stereocenters. The van der Waals surface area contributed by atoms with E-state index in [0.29, 0.717) is 17.4 Å². The first-order valence-electron chi connectivity index (χ1n) is 16.9. The normalized spacial score (nSPS) is 11.6. The third kappa shape index (κ3) is 6.62. The van der Waals surface area contributed by atoms with Crippen molar-refractivity contribution in [3.8, 4) is 34.1 Å². The second-order valence-electron chi connectivity index (χ2n) is 13.8. The number of ether oxygens (including phenoxy) is 1. The third-order valence-corrected chi connectivity index (χ3v) is 9.46. The molecular weight excluding hydrogens is 784 g/mol. The van der Waals surface area contributed by atoms with Crippen LogP contribution in [0.25, 0.3) is 44.4 Å². The Hall–Kier alpha value is -4.47. The van der Waals surface area contributed by atoms with Crippen molar-refractivity contribution in [3.63, 3.8) is 0 Å². The van der Waals surface area contributed by atoms with Crippen LogP contribution >= 0.6 is 0 Å². The largest absolute Gasteiger partial charge is 2.00 e. The molecular formula is C43H42N4OPt. The summed E-state index contributed by atoms with van der Waals surface area (Å²) in [5, 5.41) is 7.07. The standard InChI is InChI=1S/C43H42N4O.Pt/c1-26(2)17-32-15-16-44-42(19-32)47-40-12-10-9-11-38(40)39-14-13-36(23-41(39)47)48-37-21-33(27(3)4)20-35(22-37)46-25-34(24-45-46)43-30(7)28(5)18-29(6)31(43)8;/h9-16,18-21,24-27H,17H2,1-8H3;/q-2;+2. The summed E-state index contributed by atoms with van der Waals surface area (Å²) in [6.07, 6.45) is 6.96. The molecule has 3 heterocycles. The number of aromatic nitrogens is 4. The SMILES string of the molecule is Cc1cc(C)c(C)c(-c2cnn(-c3[c-]c(Oc4[c-]c5c(cc4)c4ccccc4n5-c4cc(CC(C)C)ccn4)cc(C(C)C)c3)c2)c1C.[Pt+2]. The minimum atomic E-state index is 0. The molecule has 0 saturated carbocycles. The summed E-state index contributed by atoms with van der Waals surface area (Å²) in [6.45, 7) is 17.6. The molecule has 0 radical (unpaired) electrons. The molecule has 0 atom stereocenters. The number of hydrogen-bond donors (Lipinski definition) is 0. The molecule has 3 aromatic heterocycles. The van der Waals surface area contributed by atoms with Crippen LogP contribution in [0, 0.1) is 45.7 Å². The van der Waals surface area contributed by atoms with Gasteiger partial charge in [-0.15, -0.1) is 41.3 Å². The van der Waals surface area contributed by atoms with Crippen molar-refractivity contribution in [2.75, 3.05) is 0 Å². The Kier molecular flexibility index (Phi) is 9.69. The summed E-state index contributed by atoms with van der Waals surface area (Å²) in [4.78, 5) is 4.81. The van der Waals surface area contributed by atoms with E-state index in [2.05, 4.69) is 139 Å². The topological polar surface area (TPSA) is 44.9 Å². The van der Waals surface area contributed by atoms with Gasteiger partial charge in [0.1, 0.15) is 5.82 Å². The molecule has 4 aromatic carbocycles. The van der Waals surface area contributed by atoms with Gasteiger partial charge in [-0.2, -0.15) is 11.2 Å². The van der Waals surface area contributed by atoms with Gasteiger partial charge in [0.2, 0.25) is 0 Å². The van der Waals surface area contributed by atoms with Crippen molar-refractivity contribution in [2.24, 2.45) is 5.92 Å². The molecule has 7 aromatic rings. The van der Waals surface area contributed by atoms with E-state index >= 15 is 0 Å². The van der Waals surface area contributed by atoms with Gasteiger partial charge in [-0.05, 0) is 109 Å². The molecule has 0 aliphatic carbocycles. The van der Waals surface area contributed by atoms with Crippen LogP contribution in [0.15, 0.2) is 85.3 Å². The Morgan fingerprint density at radius 3 is 2.29 bits per heavy atom. The minimum absolute atomic E-state index is 0. The van der Waals surface area contributed by atoms with Crippen molar-refractivity contribution in [1.82, 2.24) is 19.3 Å². The van der Waals surface area contributed by atoms with Gasteiger partial charge >= 0.3 is 21.1 Å². The Balaban J connectivity index is 0.00000417. The quantitative estimate of drug-likeness (QED) is 0.143. The van der Waals surface area contributed by atoms with Crippen molar-refractivity contribution in [1.29, 1.82) is 0 Å². The summed E-state index contributed by atoms with van der Waals surface area (Å²) in [5.74, 6) is 2.98. The van der Waals surface area contributed by atoms with Gasteiger partial charge in [-0.1, -0.05) is 57.5 Å². The summed E-state index contributed by atoms with van der Waals surface area (Å²) < 4.78 is 10.7. The molecule has 0 bridgehead atoms. The zero-order chi connectivity index (χ0) is 33.7. The zero-order valence-corrected chi connectivity index (χ0v) is 31.7. The van der Waals surface area contributed by atoms with Crippen LogP contribution in [0.5, 0.6) is 11.5 Å². The van der Waals surface area contributed by atoms with E-state index in [1.54, 1.807) is 0 Å². The Morgan fingerprint density at radius 1 is 0.796 bits per heavy atom. The number of para-hydroxylation sites is 1. The maximum Gasteiger partial charge on any atom is 2.00 e. The van der Waals surface area contributed by atoms with Crippen molar-refractivity contribution in [3.05, 3.63) is 131 Å². The minimum Gasteiger partial charge on any atom is -0.509 e.